The zero-order valence-corrected chi connectivity index (χ0v) is 10.6. The van der Waals surface area contributed by atoms with Gasteiger partial charge in [-0.05, 0) is 25.5 Å². The van der Waals surface area contributed by atoms with Crippen LogP contribution in [0.15, 0.2) is 6.07 Å². The summed E-state index contributed by atoms with van der Waals surface area (Å²) in [5, 5.41) is 0.453. The third kappa shape index (κ3) is 2.47. The second-order valence-corrected chi connectivity index (χ2v) is 3.98. The van der Waals surface area contributed by atoms with Crippen molar-refractivity contribution in [2.45, 2.75) is 20.3 Å². The molecule has 88 valence electrons. The number of benzene rings is 1. The maximum Gasteiger partial charge on any atom is 0.140 e. The first kappa shape index (κ1) is 12.8. The van der Waals surface area contributed by atoms with Crippen LogP contribution in [-0.4, -0.2) is 20.0 Å². The van der Waals surface area contributed by atoms with E-state index < -0.39 is 0 Å². The highest BCUT2D eigenvalue weighted by atomic mass is 35.5. The van der Waals surface area contributed by atoms with Gasteiger partial charge in [-0.15, -0.1) is 0 Å². The van der Waals surface area contributed by atoms with E-state index in [9.17, 15) is 4.79 Å². The van der Waals surface area contributed by atoms with Crippen LogP contribution >= 0.6 is 11.6 Å². The lowest BCUT2D eigenvalue weighted by Gasteiger charge is -2.14. The van der Waals surface area contributed by atoms with Gasteiger partial charge in [0.25, 0.3) is 0 Å². The molecule has 0 aliphatic carbocycles. The van der Waals surface area contributed by atoms with Gasteiger partial charge in [-0.3, -0.25) is 4.79 Å². The lowest BCUT2D eigenvalue weighted by atomic mass is 10.0. The number of ketones is 1. The lowest BCUT2D eigenvalue weighted by Crippen LogP contribution is -2.03. The Morgan fingerprint density at radius 1 is 1.38 bits per heavy atom. The second-order valence-electron chi connectivity index (χ2n) is 3.60. The Labute approximate surface area is 100 Å². The Morgan fingerprint density at radius 2 is 2.00 bits per heavy atom. The quantitative estimate of drug-likeness (QED) is 0.815. The van der Waals surface area contributed by atoms with E-state index in [1.165, 1.54) is 6.92 Å². The van der Waals surface area contributed by atoms with Crippen molar-refractivity contribution in [3.05, 3.63) is 22.2 Å². The molecule has 0 N–H and O–H groups in total. The summed E-state index contributed by atoms with van der Waals surface area (Å²) in [5.41, 5.74) is 1.57. The molecule has 0 aliphatic heterocycles. The summed E-state index contributed by atoms with van der Waals surface area (Å²) in [6.45, 7) is 3.40. The number of methoxy groups -OCH3 is 2. The highest BCUT2D eigenvalue weighted by Crippen LogP contribution is 2.38. The summed E-state index contributed by atoms with van der Waals surface area (Å²) < 4.78 is 10.4. The number of ether oxygens (including phenoxy) is 2. The summed E-state index contributed by atoms with van der Waals surface area (Å²) in [4.78, 5) is 11.2. The number of Topliss-reactive ketones (excluding diaryl/α,β-unsaturated/α-hetero) is 1. The van der Waals surface area contributed by atoms with E-state index in [0.29, 0.717) is 22.1 Å². The fraction of sp³-hybridized carbons (Fsp3) is 0.417. The first-order chi connectivity index (χ1) is 7.51. The minimum atomic E-state index is 0.0334. The Bertz CT molecular complexity index is 413. The molecule has 1 aromatic rings. The van der Waals surface area contributed by atoms with Crippen molar-refractivity contribution in [3.8, 4) is 11.5 Å². The maximum atomic E-state index is 11.2. The standard InChI is InChI=1S/C12H15ClO3/c1-7-5-10(15-3)9(6-8(2)14)11(13)12(7)16-4/h5H,6H2,1-4H3. The monoisotopic (exact) mass is 242 g/mol. The normalized spacial score (nSPS) is 10.1. The van der Waals surface area contributed by atoms with E-state index in [1.807, 2.05) is 13.0 Å². The number of halogens is 1. The van der Waals surface area contributed by atoms with Crippen molar-refractivity contribution in [2.75, 3.05) is 14.2 Å². The summed E-state index contributed by atoms with van der Waals surface area (Å²) in [6, 6.07) is 1.82. The van der Waals surface area contributed by atoms with Crippen molar-refractivity contribution < 1.29 is 14.3 Å². The Balaban J connectivity index is 3.37. The van der Waals surface area contributed by atoms with E-state index in [-0.39, 0.29) is 12.2 Å². The van der Waals surface area contributed by atoms with Crippen molar-refractivity contribution >= 4 is 17.4 Å². The molecule has 0 unspecified atom stereocenters. The van der Waals surface area contributed by atoms with Crippen LogP contribution in [0.1, 0.15) is 18.1 Å². The van der Waals surface area contributed by atoms with Crippen molar-refractivity contribution in [2.24, 2.45) is 0 Å². The van der Waals surface area contributed by atoms with Crippen LogP contribution in [0.3, 0.4) is 0 Å². The van der Waals surface area contributed by atoms with E-state index in [0.717, 1.165) is 5.56 Å². The van der Waals surface area contributed by atoms with Crippen LogP contribution in [0.5, 0.6) is 11.5 Å². The Morgan fingerprint density at radius 3 is 2.44 bits per heavy atom. The molecule has 0 heterocycles. The minimum Gasteiger partial charge on any atom is -0.496 e. The fourth-order valence-electron chi connectivity index (χ4n) is 1.61. The number of aryl methyl sites for hydroxylation is 1. The molecule has 0 amide bonds. The van der Waals surface area contributed by atoms with Crippen molar-refractivity contribution in [3.63, 3.8) is 0 Å². The molecular weight excluding hydrogens is 228 g/mol. The number of rotatable bonds is 4. The number of hydrogen-bond donors (Lipinski definition) is 0. The van der Waals surface area contributed by atoms with E-state index >= 15 is 0 Å². The van der Waals surface area contributed by atoms with Gasteiger partial charge in [-0.1, -0.05) is 11.6 Å². The first-order valence-electron chi connectivity index (χ1n) is 4.90. The van der Waals surface area contributed by atoms with Crippen LogP contribution in [-0.2, 0) is 11.2 Å². The van der Waals surface area contributed by atoms with E-state index in [4.69, 9.17) is 21.1 Å². The smallest absolute Gasteiger partial charge is 0.140 e. The molecule has 1 aromatic carbocycles. The number of carbonyl (C=O) groups is 1. The summed E-state index contributed by atoms with van der Waals surface area (Å²) in [7, 11) is 3.11. The second kappa shape index (κ2) is 5.21. The van der Waals surface area contributed by atoms with E-state index in [1.54, 1.807) is 14.2 Å². The minimum absolute atomic E-state index is 0.0334. The van der Waals surface area contributed by atoms with Gasteiger partial charge in [0.1, 0.15) is 17.3 Å². The average Bonchev–Trinajstić information content (AvgIpc) is 2.22. The van der Waals surface area contributed by atoms with Crippen LogP contribution in [0.4, 0.5) is 0 Å². The fourth-order valence-corrected chi connectivity index (χ4v) is 2.00. The topological polar surface area (TPSA) is 35.5 Å². The molecule has 0 spiro atoms. The van der Waals surface area contributed by atoms with Gasteiger partial charge in [-0.2, -0.15) is 0 Å². The molecule has 3 nitrogen and oxygen atoms in total. The van der Waals surface area contributed by atoms with Gasteiger partial charge in [0.2, 0.25) is 0 Å². The maximum absolute atomic E-state index is 11.2. The van der Waals surface area contributed by atoms with Crippen molar-refractivity contribution in [1.29, 1.82) is 0 Å². The van der Waals surface area contributed by atoms with E-state index in [2.05, 4.69) is 0 Å². The summed E-state index contributed by atoms with van der Waals surface area (Å²) in [5.74, 6) is 1.25. The highest BCUT2D eigenvalue weighted by molar-refractivity contribution is 6.33. The van der Waals surface area contributed by atoms with Gasteiger partial charge in [0.15, 0.2) is 0 Å². The van der Waals surface area contributed by atoms with Crippen LogP contribution < -0.4 is 9.47 Å². The molecular formula is C12H15ClO3. The van der Waals surface area contributed by atoms with Crippen molar-refractivity contribution in [1.82, 2.24) is 0 Å². The Hall–Kier alpha value is -1.22. The molecule has 0 radical (unpaired) electrons. The number of hydrogen-bond acceptors (Lipinski definition) is 3. The third-order valence-corrected chi connectivity index (χ3v) is 2.72. The Kier molecular flexibility index (Phi) is 4.19. The van der Waals surface area contributed by atoms with Crippen LogP contribution in [0.2, 0.25) is 5.02 Å². The highest BCUT2D eigenvalue weighted by Gasteiger charge is 2.17. The molecule has 1 rings (SSSR count). The molecule has 0 aromatic heterocycles. The first-order valence-corrected chi connectivity index (χ1v) is 5.28. The molecule has 0 bridgehead atoms. The molecule has 0 aliphatic rings. The van der Waals surface area contributed by atoms with Gasteiger partial charge in [0.05, 0.1) is 19.2 Å². The van der Waals surface area contributed by atoms with Crippen LogP contribution in [0.25, 0.3) is 0 Å². The lowest BCUT2D eigenvalue weighted by molar-refractivity contribution is -0.116. The molecule has 0 saturated carbocycles. The zero-order chi connectivity index (χ0) is 12.3. The summed E-state index contributed by atoms with van der Waals surface area (Å²) in [6.07, 6.45) is 0.249. The predicted molar refractivity (Wildman–Crippen MR) is 63.7 cm³/mol. The van der Waals surface area contributed by atoms with Gasteiger partial charge in [-0.25, -0.2) is 0 Å². The van der Waals surface area contributed by atoms with Crippen LogP contribution in [0, 0.1) is 6.92 Å². The molecule has 0 atom stereocenters. The molecule has 0 fully saturated rings. The molecule has 0 saturated heterocycles. The SMILES string of the molecule is COc1cc(C)c(OC)c(Cl)c1CC(C)=O. The predicted octanol–water partition coefficient (Wildman–Crippen LogP) is 2.80. The van der Waals surface area contributed by atoms with Gasteiger partial charge >= 0.3 is 0 Å². The molecule has 4 heteroatoms. The summed E-state index contributed by atoms with van der Waals surface area (Å²) >= 11 is 6.18. The zero-order valence-electron chi connectivity index (χ0n) is 9.89. The number of carbonyl (C=O) groups excluding carboxylic acids is 1. The van der Waals surface area contributed by atoms with Gasteiger partial charge < -0.3 is 9.47 Å². The molecule has 16 heavy (non-hydrogen) atoms. The largest absolute Gasteiger partial charge is 0.496 e. The van der Waals surface area contributed by atoms with Gasteiger partial charge in [0, 0.05) is 12.0 Å². The average molecular weight is 243 g/mol. The third-order valence-electron chi connectivity index (χ3n) is 2.32.